The van der Waals surface area contributed by atoms with Gasteiger partial charge in [-0.15, -0.1) is 11.3 Å². The first-order chi connectivity index (χ1) is 12.7. The van der Waals surface area contributed by atoms with Crippen LogP contribution in [0.4, 0.5) is 10.1 Å². The van der Waals surface area contributed by atoms with E-state index >= 15 is 0 Å². The number of amides is 1. The van der Waals surface area contributed by atoms with Crippen LogP contribution < -0.4 is 10.1 Å². The van der Waals surface area contributed by atoms with E-state index in [4.69, 9.17) is 4.74 Å². The van der Waals surface area contributed by atoms with Crippen LogP contribution in [0.15, 0.2) is 54.1 Å². The van der Waals surface area contributed by atoms with Crippen molar-refractivity contribution in [2.75, 3.05) is 11.9 Å². The number of rotatable bonds is 7. The molecule has 0 radical (unpaired) electrons. The molecule has 1 N–H and O–H groups in total. The van der Waals surface area contributed by atoms with Crippen molar-refractivity contribution in [2.24, 2.45) is 0 Å². The summed E-state index contributed by atoms with van der Waals surface area (Å²) in [5.41, 5.74) is 3.63. The Kier molecular flexibility index (Phi) is 5.96. The molecule has 6 heteroatoms. The summed E-state index contributed by atoms with van der Waals surface area (Å²) < 4.78 is 21.0. The van der Waals surface area contributed by atoms with Crippen LogP contribution in [0.2, 0.25) is 0 Å². The number of anilines is 1. The van der Waals surface area contributed by atoms with Gasteiger partial charge in [-0.3, -0.25) is 4.79 Å². The first kappa shape index (κ1) is 18.1. The van der Waals surface area contributed by atoms with E-state index in [1.54, 1.807) is 29.8 Å². The number of ether oxygens (including phenoxy) is 1. The van der Waals surface area contributed by atoms with Gasteiger partial charge in [0.05, 0.1) is 28.8 Å². The summed E-state index contributed by atoms with van der Waals surface area (Å²) in [5.74, 6) is -0.592. The van der Waals surface area contributed by atoms with Gasteiger partial charge >= 0.3 is 0 Å². The number of fused-ring (bicyclic) bond motifs is 1. The number of carbonyl (C=O) groups excluding carboxylic acids is 1. The first-order valence-corrected chi connectivity index (χ1v) is 9.20. The standard InChI is InChI=1S/C20H19FN2O2S/c1-2-3-4-10-25-17-7-5-6-14(20(17)21)11-19(24)23-15-8-9-16-18(12-15)26-13-22-16/h2-3,5-9,12-13H,4,10-11H2,1H3,(H,23,24). The maximum Gasteiger partial charge on any atom is 0.228 e. The van der Waals surface area contributed by atoms with Gasteiger partial charge in [-0.1, -0.05) is 24.3 Å². The number of aromatic nitrogens is 1. The lowest BCUT2D eigenvalue weighted by atomic mass is 10.1. The van der Waals surface area contributed by atoms with Gasteiger partial charge in [0.15, 0.2) is 11.6 Å². The highest BCUT2D eigenvalue weighted by Gasteiger charge is 2.13. The molecule has 1 amide bonds. The van der Waals surface area contributed by atoms with Gasteiger partial charge in [0, 0.05) is 11.3 Å². The number of nitrogens with zero attached hydrogens (tertiary/aromatic N) is 1. The molecule has 3 rings (SSSR count). The summed E-state index contributed by atoms with van der Waals surface area (Å²) >= 11 is 1.50. The molecular weight excluding hydrogens is 351 g/mol. The molecule has 1 aromatic heterocycles. The lowest BCUT2D eigenvalue weighted by Crippen LogP contribution is -2.15. The molecule has 0 bridgehead atoms. The Labute approximate surface area is 155 Å². The Hall–Kier alpha value is -2.73. The van der Waals surface area contributed by atoms with Gasteiger partial charge in [0.25, 0.3) is 0 Å². The van der Waals surface area contributed by atoms with Crippen LogP contribution in [0, 0.1) is 5.82 Å². The number of carbonyl (C=O) groups is 1. The van der Waals surface area contributed by atoms with Crippen molar-refractivity contribution in [1.82, 2.24) is 4.98 Å². The smallest absolute Gasteiger partial charge is 0.228 e. The average molecular weight is 370 g/mol. The Balaban J connectivity index is 1.64. The van der Waals surface area contributed by atoms with E-state index in [9.17, 15) is 9.18 Å². The van der Waals surface area contributed by atoms with Gasteiger partial charge < -0.3 is 10.1 Å². The molecular formula is C20H19FN2O2S. The number of hydrogen-bond donors (Lipinski definition) is 1. The SMILES string of the molecule is CC=CCCOc1cccc(CC(=O)Nc2ccc3ncsc3c2)c1F. The Bertz CT molecular complexity index is 936. The van der Waals surface area contributed by atoms with Crippen molar-refractivity contribution in [2.45, 2.75) is 19.8 Å². The number of hydrogen-bond acceptors (Lipinski definition) is 4. The van der Waals surface area contributed by atoms with E-state index in [1.165, 1.54) is 11.3 Å². The molecule has 0 aliphatic carbocycles. The van der Waals surface area contributed by atoms with Crippen molar-refractivity contribution in [1.29, 1.82) is 0 Å². The largest absolute Gasteiger partial charge is 0.490 e. The lowest BCUT2D eigenvalue weighted by molar-refractivity contribution is -0.115. The molecule has 0 aliphatic rings. The maximum absolute atomic E-state index is 14.5. The van der Waals surface area contributed by atoms with Gasteiger partial charge in [-0.25, -0.2) is 9.37 Å². The maximum atomic E-state index is 14.5. The number of nitrogens with one attached hydrogen (secondary N) is 1. The predicted molar refractivity (Wildman–Crippen MR) is 103 cm³/mol. The number of thiazole rings is 1. The quantitative estimate of drug-likeness (QED) is 0.472. The zero-order valence-electron chi connectivity index (χ0n) is 14.4. The summed E-state index contributed by atoms with van der Waals surface area (Å²) in [6.45, 7) is 2.32. The monoisotopic (exact) mass is 370 g/mol. The van der Waals surface area contributed by atoms with Crippen molar-refractivity contribution in [3.8, 4) is 5.75 Å². The summed E-state index contributed by atoms with van der Waals surface area (Å²) in [4.78, 5) is 16.5. The van der Waals surface area contributed by atoms with E-state index in [0.29, 0.717) is 24.3 Å². The molecule has 0 fully saturated rings. The zero-order valence-corrected chi connectivity index (χ0v) is 15.2. The zero-order chi connectivity index (χ0) is 18.4. The minimum Gasteiger partial charge on any atom is -0.490 e. The second-order valence-electron chi connectivity index (χ2n) is 5.70. The first-order valence-electron chi connectivity index (χ1n) is 8.32. The van der Waals surface area contributed by atoms with Crippen LogP contribution >= 0.6 is 11.3 Å². The van der Waals surface area contributed by atoms with Gasteiger partial charge in [-0.2, -0.15) is 0 Å². The summed E-state index contributed by atoms with van der Waals surface area (Å²) in [6.07, 6.45) is 4.53. The highest BCUT2D eigenvalue weighted by molar-refractivity contribution is 7.16. The summed E-state index contributed by atoms with van der Waals surface area (Å²) in [7, 11) is 0. The molecule has 3 aromatic rings. The molecule has 134 valence electrons. The lowest BCUT2D eigenvalue weighted by Gasteiger charge is -2.10. The normalized spacial score (nSPS) is 11.2. The van der Waals surface area contributed by atoms with Crippen molar-refractivity contribution < 1.29 is 13.9 Å². The number of allylic oxidation sites excluding steroid dienone is 1. The Morgan fingerprint density at radius 3 is 3.08 bits per heavy atom. The molecule has 0 aliphatic heterocycles. The van der Waals surface area contributed by atoms with Crippen LogP contribution in [0.1, 0.15) is 18.9 Å². The highest BCUT2D eigenvalue weighted by atomic mass is 32.1. The molecule has 2 aromatic carbocycles. The van der Waals surface area contributed by atoms with E-state index in [2.05, 4.69) is 10.3 Å². The predicted octanol–water partition coefficient (Wildman–Crippen LogP) is 4.96. The molecule has 4 nitrogen and oxygen atoms in total. The second kappa shape index (κ2) is 8.58. The molecule has 26 heavy (non-hydrogen) atoms. The van der Waals surface area contributed by atoms with E-state index in [-0.39, 0.29) is 18.1 Å². The van der Waals surface area contributed by atoms with Crippen molar-refractivity contribution in [3.05, 3.63) is 65.4 Å². The third-order valence-corrected chi connectivity index (χ3v) is 4.58. The summed E-state index contributed by atoms with van der Waals surface area (Å²) in [6, 6.07) is 10.4. The molecule has 0 unspecified atom stereocenters. The minimum atomic E-state index is -0.485. The van der Waals surface area contributed by atoms with Gasteiger partial charge in [0.2, 0.25) is 5.91 Å². The fraction of sp³-hybridized carbons (Fsp3) is 0.200. The fourth-order valence-corrected chi connectivity index (χ4v) is 3.24. The average Bonchev–Trinajstić information content (AvgIpc) is 3.09. The molecule has 0 spiro atoms. The molecule has 0 atom stereocenters. The van der Waals surface area contributed by atoms with Crippen molar-refractivity contribution >= 4 is 33.1 Å². The van der Waals surface area contributed by atoms with Crippen LogP contribution in [0.25, 0.3) is 10.2 Å². The van der Waals surface area contributed by atoms with Crippen LogP contribution in [-0.2, 0) is 11.2 Å². The molecule has 0 saturated heterocycles. The Morgan fingerprint density at radius 1 is 1.35 bits per heavy atom. The van der Waals surface area contributed by atoms with E-state index < -0.39 is 5.82 Å². The third kappa shape index (κ3) is 4.46. The molecule has 1 heterocycles. The van der Waals surface area contributed by atoms with Gasteiger partial charge in [-0.05, 0) is 37.6 Å². The number of halogens is 1. The highest BCUT2D eigenvalue weighted by Crippen LogP contribution is 2.23. The topological polar surface area (TPSA) is 51.2 Å². The third-order valence-electron chi connectivity index (χ3n) is 3.79. The minimum absolute atomic E-state index is 0.0569. The van der Waals surface area contributed by atoms with E-state index in [1.807, 2.05) is 31.2 Å². The molecule has 0 saturated carbocycles. The van der Waals surface area contributed by atoms with E-state index in [0.717, 1.165) is 10.2 Å². The van der Waals surface area contributed by atoms with Crippen LogP contribution in [0.3, 0.4) is 0 Å². The van der Waals surface area contributed by atoms with Crippen LogP contribution in [-0.4, -0.2) is 17.5 Å². The Morgan fingerprint density at radius 2 is 2.23 bits per heavy atom. The van der Waals surface area contributed by atoms with Crippen LogP contribution in [0.5, 0.6) is 5.75 Å². The second-order valence-corrected chi connectivity index (χ2v) is 6.58. The number of benzene rings is 2. The summed E-state index contributed by atoms with van der Waals surface area (Å²) in [5, 5.41) is 2.80. The fourth-order valence-electron chi connectivity index (χ4n) is 2.52. The van der Waals surface area contributed by atoms with Crippen molar-refractivity contribution in [3.63, 3.8) is 0 Å². The van der Waals surface area contributed by atoms with Gasteiger partial charge in [0.1, 0.15) is 0 Å².